The predicted octanol–water partition coefficient (Wildman–Crippen LogP) is 4.03. The number of rotatable bonds is 5. The zero-order valence-electron chi connectivity index (χ0n) is 16.3. The average Bonchev–Trinajstić information content (AvgIpc) is 2.68. The summed E-state index contributed by atoms with van der Waals surface area (Å²) in [6, 6.07) is 18.9. The largest absolute Gasteiger partial charge is 0.489 e. The lowest BCUT2D eigenvalue weighted by atomic mass is 10.0. The van der Waals surface area contributed by atoms with Crippen molar-refractivity contribution < 1.29 is 9.53 Å². The van der Waals surface area contributed by atoms with Gasteiger partial charge in [0.25, 0.3) is 0 Å². The molecule has 0 saturated carbocycles. The van der Waals surface area contributed by atoms with Crippen molar-refractivity contribution in [2.45, 2.75) is 20.5 Å². The number of hydrogen-bond donors (Lipinski definition) is 2. The Morgan fingerprint density at radius 1 is 1.07 bits per heavy atom. The van der Waals surface area contributed by atoms with E-state index in [1.807, 2.05) is 7.05 Å². The van der Waals surface area contributed by atoms with E-state index in [-0.39, 0.29) is 0 Å². The Morgan fingerprint density at radius 2 is 1.78 bits per heavy atom. The van der Waals surface area contributed by atoms with Gasteiger partial charge in [0.15, 0.2) is 0 Å². The van der Waals surface area contributed by atoms with Gasteiger partial charge in [-0.1, -0.05) is 42.5 Å². The summed E-state index contributed by atoms with van der Waals surface area (Å²) in [6.45, 7) is 4.81. The van der Waals surface area contributed by atoms with Crippen molar-refractivity contribution in [1.82, 2.24) is 5.01 Å². The van der Waals surface area contributed by atoms with E-state index < -0.39 is 0 Å². The molecule has 1 amide bonds. The number of nitrogens with two attached hydrogens (primary N) is 1. The standard InChI is InChI=1S/C20H21NO.C2H6N2O/c1-14-7-6-10-19(21-3)18(14)13-22-20-12-11-16-8-4-5-9-17(16)15(20)2;1-4(3)2-5/h4-12,21H,13H2,1-3H3;2H,3H2,1H3. The zero-order chi connectivity index (χ0) is 19.8. The van der Waals surface area contributed by atoms with Crippen LogP contribution in [0.25, 0.3) is 10.8 Å². The quantitative estimate of drug-likeness (QED) is 0.310. The zero-order valence-corrected chi connectivity index (χ0v) is 16.3. The molecule has 0 aliphatic heterocycles. The number of hydrogen-bond acceptors (Lipinski definition) is 4. The first-order valence-corrected chi connectivity index (χ1v) is 8.78. The lowest BCUT2D eigenvalue weighted by Gasteiger charge is -2.15. The number of benzene rings is 3. The SMILES string of the molecule is CN(N)C=O.CNc1cccc(C)c1COc1ccc2ccccc2c1C. The Balaban J connectivity index is 0.000000465. The molecule has 0 heterocycles. The third-order valence-electron chi connectivity index (χ3n) is 4.37. The molecule has 0 spiro atoms. The number of amides is 1. The van der Waals surface area contributed by atoms with E-state index in [4.69, 9.17) is 10.6 Å². The summed E-state index contributed by atoms with van der Waals surface area (Å²) in [5, 5.41) is 6.68. The normalized spacial score (nSPS) is 9.96. The van der Waals surface area contributed by atoms with Crippen LogP contribution in [-0.2, 0) is 11.4 Å². The summed E-state index contributed by atoms with van der Waals surface area (Å²) >= 11 is 0. The summed E-state index contributed by atoms with van der Waals surface area (Å²) in [6.07, 6.45) is 0.528. The third-order valence-corrected chi connectivity index (χ3v) is 4.37. The highest BCUT2D eigenvalue weighted by atomic mass is 16.5. The lowest BCUT2D eigenvalue weighted by molar-refractivity contribution is -0.117. The highest BCUT2D eigenvalue weighted by Gasteiger charge is 2.08. The lowest BCUT2D eigenvalue weighted by Crippen LogP contribution is -2.23. The third kappa shape index (κ3) is 5.21. The Morgan fingerprint density at radius 3 is 2.44 bits per heavy atom. The topological polar surface area (TPSA) is 67.6 Å². The average molecular weight is 365 g/mol. The van der Waals surface area contributed by atoms with E-state index in [1.54, 1.807) is 0 Å². The number of fused-ring (bicyclic) bond motifs is 1. The molecule has 3 N–H and O–H groups in total. The Labute approximate surface area is 160 Å². The number of carbonyl (C=O) groups is 1. The molecule has 0 unspecified atom stereocenters. The molecule has 0 saturated heterocycles. The molecule has 3 aromatic carbocycles. The van der Waals surface area contributed by atoms with Crippen LogP contribution in [0, 0.1) is 13.8 Å². The molecule has 0 atom stereocenters. The number of aryl methyl sites for hydroxylation is 2. The fraction of sp³-hybridized carbons (Fsp3) is 0.227. The maximum atomic E-state index is 9.31. The van der Waals surface area contributed by atoms with Crippen LogP contribution in [0.4, 0.5) is 5.69 Å². The molecule has 0 bridgehead atoms. The second kappa shape index (κ2) is 9.59. The van der Waals surface area contributed by atoms with Crippen LogP contribution in [0.3, 0.4) is 0 Å². The molecule has 0 radical (unpaired) electrons. The predicted molar refractivity (Wildman–Crippen MR) is 112 cm³/mol. The van der Waals surface area contributed by atoms with Gasteiger partial charge in [0.05, 0.1) is 0 Å². The van der Waals surface area contributed by atoms with E-state index >= 15 is 0 Å². The van der Waals surface area contributed by atoms with Crippen molar-refractivity contribution in [3.63, 3.8) is 0 Å². The summed E-state index contributed by atoms with van der Waals surface area (Å²) in [7, 11) is 3.41. The van der Waals surface area contributed by atoms with Crippen molar-refractivity contribution in [1.29, 1.82) is 0 Å². The summed E-state index contributed by atoms with van der Waals surface area (Å²) < 4.78 is 6.11. The summed E-state index contributed by atoms with van der Waals surface area (Å²) in [5.41, 5.74) is 4.76. The minimum atomic E-state index is 0.528. The van der Waals surface area contributed by atoms with Crippen molar-refractivity contribution in [3.05, 3.63) is 71.3 Å². The van der Waals surface area contributed by atoms with Gasteiger partial charge < -0.3 is 10.1 Å². The van der Waals surface area contributed by atoms with Crippen LogP contribution in [0.1, 0.15) is 16.7 Å². The molecule has 27 heavy (non-hydrogen) atoms. The number of hydrazine groups is 1. The van der Waals surface area contributed by atoms with Crippen LogP contribution in [0.2, 0.25) is 0 Å². The molecule has 0 aliphatic carbocycles. The Bertz CT molecular complexity index is 907. The number of ether oxygens (including phenoxy) is 1. The molecule has 5 heteroatoms. The first-order chi connectivity index (χ1) is 13.0. The highest BCUT2D eigenvalue weighted by Crippen LogP contribution is 2.29. The fourth-order valence-electron chi connectivity index (χ4n) is 2.84. The molecular formula is C22H27N3O2. The Kier molecular flexibility index (Phi) is 7.20. The molecule has 3 rings (SSSR count). The van der Waals surface area contributed by atoms with E-state index in [1.165, 1.54) is 34.5 Å². The van der Waals surface area contributed by atoms with Gasteiger partial charge in [0.1, 0.15) is 12.4 Å². The van der Waals surface area contributed by atoms with Crippen molar-refractivity contribution in [2.24, 2.45) is 5.84 Å². The summed E-state index contributed by atoms with van der Waals surface area (Å²) in [4.78, 5) is 9.31. The number of nitrogens with one attached hydrogen (secondary N) is 1. The van der Waals surface area contributed by atoms with Crippen LogP contribution in [0.15, 0.2) is 54.6 Å². The molecule has 5 nitrogen and oxygen atoms in total. The molecule has 0 aromatic heterocycles. The molecule has 142 valence electrons. The summed E-state index contributed by atoms with van der Waals surface area (Å²) in [5.74, 6) is 5.71. The molecular weight excluding hydrogens is 338 g/mol. The van der Waals surface area contributed by atoms with Crippen molar-refractivity contribution in [3.8, 4) is 5.75 Å². The Hall–Kier alpha value is -3.05. The number of carbonyl (C=O) groups excluding carboxylic acids is 1. The van der Waals surface area contributed by atoms with Gasteiger partial charge in [0.2, 0.25) is 6.41 Å². The second-order valence-electron chi connectivity index (χ2n) is 6.32. The number of nitrogens with zero attached hydrogens (tertiary/aromatic N) is 1. The smallest absolute Gasteiger partial charge is 0.223 e. The van der Waals surface area contributed by atoms with Gasteiger partial charge >= 0.3 is 0 Å². The number of anilines is 1. The fourth-order valence-corrected chi connectivity index (χ4v) is 2.84. The highest BCUT2D eigenvalue weighted by molar-refractivity contribution is 5.87. The van der Waals surface area contributed by atoms with Crippen LogP contribution in [-0.4, -0.2) is 25.5 Å². The van der Waals surface area contributed by atoms with Crippen molar-refractivity contribution >= 4 is 22.9 Å². The van der Waals surface area contributed by atoms with Crippen LogP contribution >= 0.6 is 0 Å². The van der Waals surface area contributed by atoms with Gasteiger partial charge in [-0.2, -0.15) is 0 Å². The minimum Gasteiger partial charge on any atom is -0.489 e. The molecule has 0 aliphatic rings. The van der Waals surface area contributed by atoms with E-state index in [2.05, 4.69) is 73.8 Å². The van der Waals surface area contributed by atoms with Crippen LogP contribution in [0.5, 0.6) is 5.75 Å². The molecule has 3 aromatic rings. The molecule has 0 fully saturated rings. The van der Waals surface area contributed by atoms with Gasteiger partial charge in [0, 0.05) is 25.3 Å². The van der Waals surface area contributed by atoms with Gasteiger partial charge in [-0.05, 0) is 47.9 Å². The minimum absolute atomic E-state index is 0.528. The monoisotopic (exact) mass is 365 g/mol. The van der Waals surface area contributed by atoms with Gasteiger partial charge in [-0.25, -0.2) is 5.84 Å². The van der Waals surface area contributed by atoms with E-state index in [0.717, 1.165) is 16.4 Å². The maximum Gasteiger partial charge on any atom is 0.223 e. The second-order valence-corrected chi connectivity index (χ2v) is 6.32. The van der Waals surface area contributed by atoms with E-state index in [9.17, 15) is 4.79 Å². The van der Waals surface area contributed by atoms with Crippen molar-refractivity contribution in [2.75, 3.05) is 19.4 Å². The first-order valence-electron chi connectivity index (χ1n) is 8.78. The van der Waals surface area contributed by atoms with E-state index in [0.29, 0.717) is 13.0 Å². The maximum absolute atomic E-state index is 9.31. The van der Waals surface area contributed by atoms with Gasteiger partial charge in [-0.15, -0.1) is 0 Å². The first kappa shape index (κ1) is 20.3. The van der Waals surface area contributed by atoms with Crippen LogP contribution < -0.4 is 15.9 Å². The van der Waals surface area contributed by atoms with Gasteiger partial charge in [-0.3, -0.25) is 9.80 Å².